The topological polar surface area (TPSA) is 55.0 Å². The predicted octanol–water partition coefficient (Wildman–Crippen LogP) is 1.66. The van der Waals surface area contributed by atoms with Gasteiger partial charge in [0, 0.05) is 13.1 Å². The van der Waals surface area contributed by atoms with E-state index in [1.54, 1.807) is 6.07 Å². The Hall–Kier alpha value is -1.82. The summed E-state index contributed by atoms with van der Waals surface area (Å²) in [5.74, 6) is 0.430. The molecule has 2 N–H and O–H groups in total. The van der Waals surface area contributed by atoms with Crippen molar-refractivity contribution >= 4 is 16.9 Å². The molecule has 4 nitrogen and oxygen atoms in total. The molecule has 0 saturated carbocycles. The van der Waals surface area contributed by atoms with E-state index in [0.717, 1.165) is 5.52 Å². The summed E-state index contributed by atoms with van der Waals surface area (Å²) >= 11 is 0. The van der Waals surface area contributed by atoms with E-state index in [-0.39, 0.29) is 6.54 Å². The molecular weight excluding hydrogens is 238 g/mol. The van der Waals surface area contributed by atoms with Gasteiger partial charge >= 0.3 is 0 Å². The third-order valence-electron chi connectivity index (χ3n) is 2.52. The first-order chi connectivity index (χ1) is 8.70. The van der Waals surface area contributed by atoms with E-state index in [2.05, 4.69) is 9.97 Å². The Kier molecular flexibility index (Phi) is 3.99. The molecule has 0 aliphatic heterocycles. The summed E-state index contributed by atoms with van der Waals surface area (Å²) in [6.45, 7) is 0.239. The average molecular weight is 252 g/mol. The second-order valence-electron chi connectivity index (χ2n) is 3.84. The third kappa shape index (κ3) is 2.89. The van der Waals surface area contributed by atoms with Gasteiger partial charge in [-0.05, 0) is 12.1 Å². The van der Waals surface area contributed by atoms with Gasteiger partial charge in [0.05, 0.1) is 23.8 Å². The zero-order chi connectivity index (χ0) is 13.0. The lowest BCUT2D eigenvalue weighted by Gasteiger charge is -2.22. The number of fused-ring (bicyclic) bond motifs is 1. The minimum Gasteiger partial charge on any atom is -0.348 e. The van der Waals surface area contributed by atoms with Crippen LogP contribution in [0.2, 0.25) is 0 Å². The number of hydrogen-bond donors (Lipinski definition) is 1. The predicted molar refractivity (Wildman–Crippen MR) is 66.8 cm³/mol. The normalized spacial score (nSPS) is 11.1. The van der Waals surface area contributed by atoms with Crippen LogP contribution in [0.4, 0.5) is 14.6 Å². The fourth-order valence-corrected chi connectivity index (χ4v) is 1.72. The first-order valence-electron chi connectivity index (χ1n) is 5.65. The van der Waals surface area contributed by atoms with Crippen LogP contribution in [0.5, 0.6) is 0 Å². The lowest BCUT2D eigenvalue weighted by atomic mass is 10.3. The van der Waals surface area contributed by atoms with Crippen molar-refractivity contribution in [2.75, 3.05) is 24.5 Å². The first-order valence-corrected chi connectivity index (χ1v) is 5.65. The maximum atomic E-state index is 12.5. The highest BCUT2D eigenvalue weighted by molar-refractivity contribution is 5.75. The number of nitrogens with zero attached hydrogens (tertiary/aromatic N) is 3. The van der Waals surface area contributed by atoms with Crippen molar-refractivity contribution in [1.29, 1.82) is 0 Å². The number of aromatic nitrogens is 2. The monoisotopic (exact) mass is 252 g/mol. The molecule has 6 heteroatoms. The summed E-state index contributed by atoms with van der Waals surface area (Å²) in [5, 5.41) is 0. The molecule has 0 aliphatic carbocycles. The quantitative estimate of drug-likeness (QED) is 0.879. The zero-order valence-electron chi connectivity index (χ0n) is 9.76. The number of hydrogen-bond acceptors (Lipinski definition) is 4. The highest BCUT2D eigenvalue weighted by Gasteiger charge is 2.14. The molecule has 0 spiro atoms. The number of alkyl halides is 2. The molecule has 0 fully saturated rings. The summed E-state index contributed by atoms with van der Waals surface area (Å²) in [6.07, 6.45) is -0.926. The van der Waals surface area contributed by atoms with Crippen LogP contribution in [-0.4, -0.2) is 36.0 Å². The maximum Gasteiger partial charge on any atom is 0.255 e. The van der Waals surface area contributed by atoms with Gasteiger partial charge < -0.3 is 10.6 Å². The Labute approximate surface area is 103 Å². The van der Waals surface area contributed by atoms with Crippen LogP contribution >= 0.6 is 0 Å². The van der Waals surface area contributed by atoms with Crippen LogP contribution in [0.1, 0.15) is 0 Å². The fourth-order valence-electron chi connectivity index (χ4n) is 1.72. The largest absolute Gasteiger partial charge is 0.348 e. The number of halogens is 2. The van der Waals surface area contributed by atoms with E-state index in [1.165, 1.54) is 11.1 Å². The average Bonchev–Trinajstić information content (AvgIpc) is 2.37. The summed E-state index contributed by atoms with van der Waals surface area (Å²) in [5.41, 5.74) is 6.85. The Balaban J connectivity index is 2.31. The lowest BCUT2D eigenvalue weighted by Crippen LogP contribution is -2.34. The fraction of sp³-hybridized carbons (Fsp3) is 0.333. The molecule has 18 heavy (non-hydrogen) atoms. The number of rotatable bonds is 5. The Morgan fingerprint density at radius 1 is 1.22 bits per heavy atom. The maximum absolute atomic E-state index is 12.5. The van der Waals surface area contributed by atoms with Crippen LogP contribution < -0.4 is 10.6 Å². The van der Waals surface area contributed by atoms with Crippen LogP contribution in [-0.2, 0) is 0 Å². The molecule has 0 bridgehead atoms. The van der Waals surface area contributed by atoms with Crippen molar-refractivity contribution in [2.24, 2.45) is 5.73 Å². The molecule has 0 saturated heterocycles. The van der Waals surface area contributed by atoms with Crippen molar-refractivity contribution in [3.8, 4) is 0 Å². The van der Waals surface area contributed by atoms with E-state index < -0.39 is 6.43 Å². The molecule has 0 atom stereocenters. The van der Waals surface area contributed by atoms with Crippen molar-refractivity contribution in [1.82, 2.24) is 9.97 Å². The molecular formula is C12H14F2N4. The molecule has 96 valence electrons. The van der Waals surface area contributed by atoms with Crippen molar-refractivity contribution < 1.29 is 8.78 Å². The smallest absolute Gasteiger partial charge is 0.255 e. The molecule has 0 unspecified atom stereocenters. The van der Waals surface area contributed by atoms with Gasteiger partial charge in [-0.2, -0.15) is 0 Å². The summed E-state index contributed by atoms with van der Waals surface area (Å²) < 4.78 is 25.0. The Morgan fingerprint density at radius 3 is 2.61 bits per heavy atom. The summed E-state index contributed by atoms with van der Waals surface area (Å²) in [6, 6.07) is 7.32. The van der Waals surface area contributed by atoms with Crippen LogP contribution in [0.25, 0.3) is 11.0 Å². The number of para-hydroxylation sites is 2. The summed E-state index contributed by atoms with van der Waals surface area (Å²) in [7, 11) is 0. The standard InChI is InChI=1S/C12H14F2N4/c13-11(14)8-18(6-5-15)12-7-16-9-3-1-2-4-10(9)17-12/h1-4,7,11H,5-6,8,15H2. The van der Waals surface area contributed by atoms with Crippen LogP contribution in [0.15, 0.2) is 30.5 Å². The highest BCUT2D eigenvalue weighted by atomic mass is 19.3. The SMILES string of the molecule is NCCN(CC(F)F)c1cnc2ccccc2n1. The molecule has 0 amide bonds. The first kappa shape index (κ1) is 12.6. The molecule has 1 aromatic heterocycles. The van der Waals surface area contributed by atoms with Gasteiger partial charge in [0.15, 0.2) is 0 Å². The van der Waals surface area contributed by atoms with Crippen LogP contribution in [0.3, 0.4) is 0 Å². The molecule has 2 rings (SSSR count). The van der Waals surface area contributed by atoms with Gasteiger partial charge in [0.1, 0.15) is 5.82 Å². The van der Waals surface area contributed by atoms with Gasteiger partial charge in [0.2, 0.25) is 0 Å². The van der Waals surface area contributed by atoms with E-state index in [0.29, 0.717) is 24.4 Å². The molecule has 1 heterocycles. The minimum atomic E-state index is -2.43. The van der Waals surface area contributed by atoms with E-state index in [4.69, 9.17) is 5.73 Å². The molecule has 2 aromatic rings. The van der Waals surface area contributed by atoms with E-state index in [1.807, 2.05) is 18.2 Å². The second kappa shape index (κ2) is 5.68. The molecule has 0 radical (unpaired) electrons. The molecule has 0 aliphatic rings. The van der Waals surface area contributed by atoms with Crippen molar-refractivity contribution in [3.63, 3.8) is 0 Å². The number of benzene rings is 1. The number of nitrogens with two attached hydrogens (primary N) is 1. The van der Waals surface area contributed by atoms with Crippen LogP contribution in [0, 0.1) is 0 Å². The van der Waals surface area contributed by atoms with Crippen molar-refractivity contribution in [2.45, 2.75) is 6.43 Å². The van der Waals surface area contributed by atoms with Gasteiger partial charge in [-0.1, -0.05) is 12.1 Å². The molecule has 1 aromatic carbocycles. The third-order valence-corrected chi connectivity index (χ3v) is 2.52. The van der Waals surface area contributed by atoms with Crippen molar-refractivity contribution in [3.05, 3.63) is 30.5 Å². The Bertz CT molecular complexity index is 518. The van der Waals surface area contributed by atoms with Gasteiger partial charge in [-0.15, -0.1) is 0 Å². The highest BCUT2D eigenvalue weighted by Crippen LogP contribution is 2.15. The summed E-state index contributed by atoms with van der Waals surface area (Å²) in [4.78, 5) is 9.97. The van der Waals surface area contributed by atoms with Gasteiger partial charge in [-0.25, -0.2) is 13.8 Å². The van der Waals surface area contributed by atoms with Gasteiger partial charge in [0.25, 0.3) is 6.43 Å². The van der Waals surface area contributed by atoms with E-state index >= 15 is 0 Å². The van der Waals surface area contributed by atoms with Gasteiger partial charge in [-0.3, -0.25) is 4.98 Å². The Morgan fingerprint density at radius 2 is 1.94 bits per heavy atom. The second-order valence-corrected chi connectivity index (χ2v) is 3.84. The lowest BCUT2D eigenvalue weighted by molar-refractivity contribution is 0.155. The van der Waals surface area contributed by atoms with E-state index in [9.17, 15) is 8.78 Å². The number of anilines is 1. The minimum absolute atomic E-state index is 0.293. The zero-order valence-corrected chi connectivity index (χ0v) is 9.76.